The van der Waals surface area contributed by atoms with E-state index in [1.807, 2.05) is 6.07 Å². The van der Waals surface area contributed by atoms with Gasteiger partial charge in [0.15, 0.2) is 0 Å². The molecule has 0 bridgehead atoms. The molecule has 2 rings (SSSR count). The maximum Gasteiger partial charge on any atom is 0.115 e. The Bertz CT molecular complexity index is 596. The highest BCUT2D eigenvalue weighted by molar-refractivity contribution is 8.10. The van der Waals surface area contributed by atoms with Crippen LogP contribution in [0.3, 0.4) is 0 Å². The first kappa shape index (κ1) is 19.5. The molecule has 0 saturated carbocycles. The summed E-state index contributed by atoms with van der Waals surface area (Å²) in [7, 11) is -0.826. The van der Waals surface area contributed by atoms with Crippen LogP contribution in [0.1, 0.15) is 75.1 Å². The lowest BCUT2D eigenvalue weighted by molar-refractivity contribution is 0.622. The summed E-state index contributed by atoms with van der Waals surface area (Å²) in [6.07, 6.45) is 11.7. The van der Waals surface area contributed by atoms with Crippen molar-refractivity contribution < 1.29 is 4.21 Å². The first-order valence-corrected chi connectivity index (χ1v) is 11.6. The van der Waals surface area contributed by atoms with Crippen molar-refractivity contribution in [2.75, 3.05) is 10.8 Å². The van der Waals surface area contributed by atoms with Crippen molar-refractivity contribution in [2.24, 2.45) is 0 Å². The third-order valence-corrected chi connectivity index (χ3v) is 7.29. The third kappa shape index (κ3) is 6.22. The molecule has 1 aromatic rings. The monoisotopic (exact) mass is 364 g/mol. The van der Waals surface area contributed by atoms with Crippen molar-refractivity contribution >= 4 is 22.6 Å². The molecule has 0 radical (unpaired) electrons. The highest BCUT2D eigenvalue weighted by Crippen LogP contribution is 2.27. The van der Waals surface area contributed by atoms with E-state index in [0.717, 1.165) is 35.7 Å². The maximum atomic E-state index is 12.2. The Hall–Kier alpha value is -0.860. The minimum atomic E-state index is -0.826. The normalized spacial score (nSPS) is 14.8. The van der Waals surface area contributed by atoms with Crippen molar-refractivity contribution in [3.63, 3.8) is 0 Å². The average Bonchev–Trinajstić information content (AvgIpc) is 2.62. The first-order valence-electron chi connectivity index (χ1n) is 9.15. The number of rotatable bonds is 10. The molecule has 0 N–H and O–H groups in total. The number of aromatic nitrogens is 1. The zero-order chi connectivity index (χ0) is 17.2. The van der Waals surface area contributed by atoms with Gasteiger partial charge in [-0.05, 0) is 43.7 Å². The second-order valence-corrected chi connectivity index (χ2v) is 9.35. The number of nitriles is 1. The Morgan fingerprint density at radius 1 is 1.21 bits per heavy atom. The molecule has 1 heterocycles. The Morgan fingerprint density at radius 3 is 2.75 bits per heavy atom. The summed E-state index contributed by atoms with van der Waals surface area (Å²) in [4.78, 5) is 4.69. The number of nitrogens with zero attached hydrogens (tertiary/aromatic N) is 2. The molecular formula is C19H28N2OS2. The fourth-order valence-electron chi connectivity index (χ4n) is 3.03. The van der Waals surface area contributed by atoms with Crippen LogP contribution in [0.15, 0.2) is 11.1 Å². The van der Waals surface area contributed by atoms with E-state index >= 15 is 0 Å². The molecule has 0 amide bonds. The predicted octanol–water partition coefficient (Wildman–Crippen LogP) is 4.99. The van der Waals surface area contributed by atoms with Gasteiger partial charge < -0.3 is 0 Å². The number of unbranched alkanes of at least 4 members (excludes halogenated alkanes) is 5. The van der Waals surface area contributed by atoms with Crippen LogP contribution in [-0.2, 0) is 23.6 Å². The van der Waals surface area contributed by atoms with E-state index in [0.29, 0.717) is 10.6 Å². The summed E-state index contributed by atoms with van der Waals surface area (Å²) in [5.41, 5.74) is 3.03. The van der Waals surface area contributed by atoms with Crippen LogP contribution < -0.4 is 0 Å². The van der Waals surface area contributed by atoms with Crippen molar-refractivity contribution in [3.05, 3.63) is 22.9 Å². The van der Waals surface area contributed by atoms with Gasteiger partial charge in [0, 0.05) is 22.2 Å². The van der Waals surface area contributed by atoms with Crippen LogP contribution in [0, 0.1) is 11.3 Å². The molecule has 132 valence electrons. The van der Waals surface area contributed by atoms with E-state index in [1.165, 1.54) is 62.3 Å². The Balaban J connectivity index is 1.79. The fraction of sp³-hybridized carbons (Fsp3) is 0.684. The average molecular weight is 365 g/mol. The van der Waals surface area contributed by atoms with Crippen molar-refractivity contribution in [2.45, 2.75) is 76.2 Å². The summed E-state index contributed by atoms with van der Waals surface area (Å²) >= 11 is 1.49. The first-order chi connectivity index (χ1) is 11.7. The van der Waals surface area contributed by atoms with Crippen LogP contribution in [0.2, 0.25) is 0 Å². The summed E-state index contributed by atoms with van der Waals surface area (Å²) in [6, 6.07) is 4.26. The van der Waals surface area contributed by atoms with Gasteiger partial charge in [-0.3, -0.25) is 4.21 Å². The fourth-order valence-corrected chi connectivity index (χ4v) is 5.43. The van der Waals surface area contributed by atoms with Gasteiger partial charge in [0.25, 0.3) is 0 Å². The van der Waals surface area contributed by atoms with Crippen LogP contribution >= 0.6 is 11.8 Å². The van der Waals surface area contributed by atoms with Gasteiger partial charge in [-0.2, -0.15) is 5.26 Å². The van der Waals surface area contributed by atoms with E-state index in [9.17, 15) is 9.47 Å². The van der Waals surface area contributed by atoms with Gasteiger partial charge in [0.1, 0.15) is 11.1 Å². The predicted molar refractivity (Wildman–Crippen MR) is 103 cm³/mol. The topological polar surface area (TPSA) is 53.8 Å². The zero-order valence-corrected chi connectivity index (χ0v) is 16.3. The molecule has 0 aromatic carbocycles. The van der Waals surface area contributed by atoms with Gasteiger partial charge in [-0.1, -0.05) is 50.8 Å². The number of pyridine rings is 1. The molecule has 0 spiro atoms. The molecule has 1 aromatic heterocycles. The van der Waals surface area contributed by atoms with Crippen molar-refractivity contribution in [1.82, 2.24) is 4.98 Å². The van der Waals surface area contributed by atoms with Crippen molar-refractivity contribution in [3.8, 4) is 6.07 Å². The van der Waals surface area contributed by atoms with Crippen LogP contribution in [-0.4, -0.2) is 20.0 Å². The van der Waals surface area contributed by atoms with Gasteiger partial charge in [0.05, 0.1) is 10.6 Å². The lowest BCUT2D eigenvalue weighted by Gasteiger charge is -2.16. The van der Waals surface area contributed by atoms with Crippen LogP contribution in [0.25, 0.3) is 0 Å². The van der Waals surface area contributed by atoms with E-state index in [2.05, 4.69) is 13.0 Å². The molecule has 0 saturated heterocycles. The number of hydrogen-bond donors (Lipinski definition) is 0. The Labute approximate surface area is 153 Å². The molecule has 0 fully saturated rings. The Morgan fingerprint density at radius 2 is 1.96 bits per heavy atom. The summed E-state index contributed by atoms with van der Waals surface area (Å²) in [5.74, 6) is 0.770. The summed E-state index contributed by atoms with van der Waals surface area (Å²) < 4.78 is 12.2. The molecule has 1 unspecified atom stereocenters. The highest BCUT2D eigenvalue weighted by Gasteiger charge is 2.16. The number of hydrogen-bond acceptors (Lipinski definition) is 4. The molecule has 5 heteroatoms. The molecule has 1 aliphatic rings. The van der Waals surface area contributed by atoms with Crippen LogP contribution in [0.5, 0.6) is 0 Å². The van der Waals surface area contributed by atoms with Gasteiger partial charge in [0.2, 0.25) is 0 Å². The molecule has 0 aliphatic heterocycles. The van der Waals surface area contributed by atoms with E-state index in [1.54, 1.807) is 0 Å². The van der Waals surface area contributed by atoms with Gasteiger partial charge >= 0.3 is 0 Å². The van der Waals surface area contributed by atoms with Crippen molar-refractivity contribution in [1.29, 1.82) is 5.26 Å². The molecule has 3 nitrogen and oxygen atoms in total. The molecule has 24 heavy (non-hydrogen) atoms. The molecule has 1 atom stereocenters. The van der Waals surface area contributed by atoms with Crippen LogP contribution in [0.4, 0.5) is 0 Å². The summed E-state index contributed by atoms with van der Waals surface area (Å²) in [5, 5.41) is 10.7. The largest absolute Gasteiger partial charge is 0.259 e. The molecular weight excluding hydrogens is 336 g/mol. The maximum absolute atomic E-state index is 12.2. The van der Waals surface area contributed by atoms with Gasteiger partial charge in [-0.15, -0.1) is 0 Å². The minimum Gasteiger partial charge on any atom is -0.259 e. The van der Waals surface area contributed by atoms with E-state index in [-0.39, 0.29) is 0 Å². The SMILES string of the molecule is CCCCCCCCS(=O)CSc1nc2c(cc1C#N)CCCC2. The van der Waals surface area contributed by atoms with Gasteiger partial charge in [-0.25, -0.2) is 4.98 Å². The smallest absolute Gasteiger partial charge is 0.115 e. The van der Waals surface area contributed by atoms with E-state index in [4.69, 9.17) is 4.98 Å². The highest BCUT2D eigenvalue weighted by atomic mass is 32.2. The lowest BCUT2D eigenvalue weighted by Crippen LogP contribution is -2.08. The summed E-state index contributed by atoms with van der Waals surface area (Å²) in [6.45, 7) is 2.22. The quantitative estimate of drug-likeness (QED) is 0.433. The standard InChI is InChI=1S/C19H28N2OS2/c1-2-3-4-5-6-9-12-24(22)15-23-19-17(14-20)13-16-10-7-8-11-18(16)21-19/h13H,2-12,15H2,1H3. The second-order valence-electron chi connectivity index (χ2n) is 6.44. The second kappa shape index (κ2) is 10.9. The minimum absolute atomic E-state index is 0.551. The lowest BCUT2D eigenvalue weighted by atomic mass is 9.95. The number of thioether (sulfide) groups is 1. The number of fused-ring (bicyclic) bond motifs is 1. The Kier molecular flexibility index (Phi) is 8.83. The third-order valence-electron chi connectivity index (χ3n) is 4.44. The van der Waals surface area contributed by atoms with E-state index < -0.39 is 10.8 Å². The number of aryl methyl sites for hydroxylation is 2. The zero-order valence-electron chi connectivity index (χ0n) is 14.7. The molecule has 1 aliphatic carbocycles.